The first-order valence-electron chi connectivity index (χ1n) is 9.72. The fourth-order valence-corrected chi connectivity index (χ4v) is 3.93. The minimum atomic E-state index is -0.501. The second-order valence-corrected chi connectivity index (χ2v) is 8.33. The zero-order valence-corrected chi connectivity index (χ0v) is 18.9. The van der Waals surface area contributed by atoms with Crippen molar-refractivity contribution in [2.75, 3.05) is 11.1 Å². The summed E-state index contributed by atoms with van der Waals surface area (Å²) in [5.41, 5.74) is 2.63. The molecule has 11 heteroatoms. The third kappa shape index (κ3) is 5.18. The molecule has 166 valence electrons. The number of aromatic nitrogens is 4. The maximum atomic E-state index is 12.6. The van der Waals surface area contributed by atoms with Crippen molar-refractivity contribution < 1.29 is 9.72 Å². The van der Waals surface area contributed by atoms with E-state index in [4.69, 9.17) is 11.6 Å². The summed E-state index contributed by atoms with van der Waals surface area (Å²) in [5, 5.41) is 23.5. The number of hydrogen-bond acceptors (Lipinski definition) is 7. The van der Waals surface area contributed by atoms with Crippen molar-refractivity contribution in [1.29, 1.82) is 0 Å². The summed E-state index contributed by atoms with van der Waals surface area (Å²) in [5.74, 6) is 0.307. The fourth-order valence-electron chi connectivity index (χ4n) is 3.05. The lowest BCUT2D eigenvalue weighted by Crippen LogP contribution is -2.15. The van der Waals surface area contributed by atoms with Crippen LogP contribution in [0.3, 0.4) is 0 Å². The van der Waals surface area contributed by atoms with E-state index in [1.54, 1.807) is 37.5 Å². The smallest absolute Gasteiger partial charge is 0.271 e. The van der Waals surface area contributed by atoms with E-state index >= 15 is 0 Å². The number of pyridine rings is 1. The van der Waals surface area contributed by atoms with E-state index in [0.29, 0.717) is 21.7 Å². The van der Waals surface area contributed by atoms with Gasteiger partial charge < -0.3 is 5.32 Å². The van der Waals surface area contributed by atoms with Crippen LogP contribution in [0.2, 0.25) is 5.02 Å². The number of hydrogen-bond donors (Lipinski definition) is 1. The molecule has 0 bridgehead atoms. The Morgan fingerprint density at radius 1 is 1.12 bits per heavy atom. The molecule has 33 heavy (non-hydrogen) atoms. The van der Waals surface area contributed by atoms with E-state index < -0.39 is 4.92 Å². The normalized spacial score (nSPS) is 10.7. The van der Waals surface area contributed by atoms with Gasteiger partial charge in [-0.3, -0.25) is 24.5 Å². The predicted molar refractivity (Wildman–Crippen MR) is 127 cm³/mol. The van der Waals surface area contributed by atoms with E-state index in [0.717, 1.165) is 16.8 Å². The van der Waals surface area contributed by atoms with Crippen LogP contribution in [0.5, 0.6) is 0 Å². The maximum absolute atomic E-state index is 12.6. The number of anilines is 1. The number of non-ortho nitro benzene ring substituents is 1. The number of carbonyl (C=O) groups excluding carboxylic acids is 1. The van der Waals surface area contributed by atoms with Crippen LogP contribution in [-0.4, -0.2) is 36.3 Å². The molecule has 0 spiro atoms. The van der Waals surface area contributed by atoms with Crippen LogP contribution in [0.25, 0.3) is 17.1 Å². The van der Waals surface area contributed by atoms with Crippen molar-refractivity contribution in [1.82, 2.24) is 19.7 Å². The van der Waals surface area contributed by atoms with Crippen LogP contribution in [0.4, 0.5) is 11.4 Å². The van der Waals surface area contributed by atoms with Crippen molar-refractivity contribution in [3.8, 4) is 17.1 Å². The lowest BCUT2D eigenvalue weighted by molar-refractivity contribution is -0.384. The second kappa shape index (κ2) is 9.80. The first-order chi connectivity index (χ1) is 15.9. The standard InChI is InChI=1S/C22H17ClN6O3S/c1-14-2-5-18(29(31)32)12-19(14)25-20(30)13-33-22-27-26-21(15-8-10-24-11-9-15)28(22)17-6-3-16(23)4-7-17/h2-12H,13H2,1H3,(H,25,30). The van der Waals surface area contributed by atoms with Crippen LogP contribution in [0, 0.1) is 17.0 Å². The molecule has 4 rings (SSSR count). The Morgan fingerprint density at radius 3 is 2.55 bits per heavy atom. The summed E-state index contributed by atoms with van der Waals surface area (Å²) in [4.78, 5) is 27.2. The van der Waals surface area contributed by atoms with Gasteiger partial charge in [0.2, 0.25) is 5.91 Å². The third-order valence-corrected chi connectivity index (χ3v) is 5.88. The second-order valence-electron chi connectivity index (χ2n) is 6.95. The van der Waals surface area contributed by atoms with E-state index in [1.165, 1.54) is 23.9 Å². The number of benzene rings is 2. The Kier molecular flexibility index (Phi) is 6.66. The van der Waals surface area contributed by atoms with E-state index in [9.17, 15) is 14.9 Å². The molecule has 2 heterocycles. The van der Waals surface area contributed by atoms with Crippen molar-refractivity contribution >= 4 is 40.6 Å². The summed E-state index contributed by atoms with van der Waals surface area (Å²) in [6.07, 6.45) is 3.33. The van der Waals surface area contributed by atoms with Gasteiger partial charge in [0.15, 0.2) is 11.0 Å². The molecule has 0 aliphatic carbocycles. The highest BCUT2D eigenvalue weighted by molar-refractivity contribution is 7.99. The summed E-state index contributed by atoms with van der Waals surface area (Å²) in [6, 6.07) is 15.2. The Balaban J connectivity index is 1.58. The van der Waals surface area contributed by atoms with Crippen LogP contribution in [0.1, 0.15) is 5.56 Å². The van der Waals surface area contributed by atoms with Gasteiger partial charge in [0.05, 0.1) is 16.4 Å². The summed E-state index contributed by atoms with van der Waals surface area (Å²) < 4.78 is 1.84. The van der Waals surface area contributed by atoms with Crippen molar-refractivity contribution in [3.05, 3.63) is 87.7 Å². The monoisotopic (exact) mass is 480 g/mol. The van der Waals surface area contributed by atoms with E-state index in [1.807, 2.05) is 28.8 Å². The van der Waals surface area contributed by atoms with Gasteiger partial charge in [-0.15, -0.1) is 10.2 Å². The summed E-state index contributed by atoms with van der Waals surface area (Å²) in [6.45, 7) is 1.77. The fraction of sp³-hybridized carbons (Fsp3) is 0.0909. The number of thioether (sulfide) groups is 1. The molecule has 2 aromatic carbocycles. The van der Waals surface area contributed by atoms with Crippen LogP contribution in [-0.2, 0) is 4.79 Å². The minimum absolute atomic E-state index is 0.0319. The number of halogens is 1. The SMILES string of the molecule is Cc1ccc([N+](=O)[O-])cc1NC(=O)CSc1nnc(-c2ccncc2)n1-c1ccc(Cl)cc1. The number of nitrogens with one attached hydrogen (secondary N) is 1. The predicted octanol–water partition coefficient (Wildman–Crippen LogP) is 4.93. The summed E-state index contributed by atoms with van der Waals surface area (Å²) in [7, 11) is 0. The van der Waals surface area contributed by atoms with Gasteiger partial charge in [0, 0.05) is 40.8 Å². The molecule has 0 fully saturated rings. The average Bonchev–Trinajstić information content (AvgIpc) is 3.24. The van der Waals surface area contributed by atoms with Gasteiger partial charge >= 0.3 is 0 Å². The number of carbonyl (C=O) groups is 1. The number of nitro groups is 1. The molecule has 0 aliphatic heterocycles. The lowest BCUT2D eigenvalue weighted by atomic mass is 10.2. The molecule has 0 radical (unpaired) electrons. The maximum Gasteiger partial charge on any atom is 0.271 e. The Hall–Kier alpha value is -3.76. The Labute approximate surface area is 198 Å². The van der Waals surface area contributed by atoms with Crippen LogP contribution in [0.15, 0.2) is 72.1 Å². The van der Waals surface area contributed by atoms with Gasteiger partial charge in [0.1, 0.15) is 0 Å². The number of nitro benzene ring substituents is 1. The molecule has 0 saturated carbocycles. The van der Waals surface area contributed by atoms with Gasteiger partial charge in [0.25, 0.3) is 5.69 Å². The third-order valence-electron chi connectivity index (χ3n) is 4.70. The Morgan fingerprint density at radius 2 is 1.85 bits per heavy atom. The van der Waals surface area contributed by atoms with E-state index in [-0.39, 0.29) is 17.3 Å². The zero-order chi connectivity index (χ0) is 23.4. The van der Waals surface area contributed by atoms with Crippen LogP contribution < -0.4 is 5.32 Å². The molecular formula is C22H17ClN6O3S. The molecule has 0 atom stereocenters. The van der Waals surface area contributed by atoms with Crippen LogP contribution >= 0.6 is 23.4 Å². The summed E-state index contributed by atoms with van der Waals surface area (Å²) >= 11 is 7.24. The molecule has 0 saturated heterocycles. The van der Waals surface area contributed by atoms with Gasteiger partial charge in [-0.1, -0.05) is 29.4 Å². The van der Waals surface area contributed by atoms with Gasteiger partial charge in [-0.25, -0.2) is 0 Å². The highest BCUT2D eigenvalue weighted by Crippen LogP contribution is 2.29. The lowest BCUT2D eigenvalue weighted by Gasteiger charge is -2.11. The molecular weight excluding hydrogens is 464 g/mol. The average molecular weight is 481 g/mol. The molecule has 2 aromatic heterocycles. The molecule has 1 amide bonds. The molecule has 0 aliphatic rings. The molecule has 9 nitrogen and oxygen atoms in total. The first kappa shape index (κ1) is 22.4. The quantitative estimate of drug-likeness (QED) is 0.226. The molecule has 4 aromatic rings. The minimum Gasteiger partial charge on any atom is -0.325 e. The highest BCUT2D eigenvalue weighted by Gasteiger charge is 2.18. The molecule has 1 N–H and O–H groups in total. The first-order valence-corrected chi connectivity index (χ1v) is 11.1. The highest BCUT2D eigenvalue weighted by atomic mass is 35.5. The molecule has 0 unspecified atom stereocenters. The van der Waals surface area contributed by atoms with Gasteiger partial charge in [-0.05, 0) is 48.9 Å². The van der Waals surface area contributed by atoms with Gasteiger partial charge in [-0.2, -0.15) is 0 Å². The largest absolute Gasteiger partial charge is 0.325 e. The number of nitrogens with zero attached hydrogens (tertiary/aromatic N) is 5. The zero-order valence-electron chi connectivity index (χ0n) is 17.3. The van der Waals surface area contributed by atoms with Crippen molar-refractivity contribution in [3.63, 3.8) is 0 Å². The van der Waals surface area contributed by atoms with E-state index in [2.05, 4.69) is 20.5 Å². The number of rotatable bonds is 7. The van der Waals surface area contributed by atoms with Crippen molar-refractivity contribution in [2.45, 2.75) is 12.1 Å². The van der Waals surface area contributed by atoms with Crippen molar-refractivity contribution in [2.24, 2.45) is 0 Å². The Bertz CT molecular complexity index is 1310. The number of amides is 1. The topological polar surface area (TPSA) is 116 Å². The number of aryl methyl sites for hydroxylation is 1.